The van der Waals surface area contributed by atoms with Crippen LogP contribution in [-0.2, 0) is 6.42 Å². The number of nitrogens with zero attached hydrogens (tertiary/aromatic N) is 2. The molecule has 0 saturated carbocycles. The van der Waals surface area contributed by atoms with E-state index in [1.807, 2.05) is 73.1 Å². The maximum Gasteiger partial charge on any atom is 0.231 e. The lowest BCUT2D eigenvalue weighted by Crippen LogP contribution is -1.92. The van der Waals surface area contributed by atoms with Crippen LogP contribution in [0.2, 0.25) is 0 Å². The van der Waals surface area contributed by atoms with Crippen LogP contribution in [0.1, 0.15) is 22.3 Å². The zero-order chi connectivity index (χ0) is 23.5. The Balaban J connectivity index is 1.06. The Labute approximate surface area is 203 Å². The first-order valence-corrected chi connectivity index (χ1v) is 11.3. The summed E-state index contributed by atoms with van der Waals surface area (Å²) in [4.78, 5) is 9.15. The number of ether oxygens (including phenoxy) is 4. The topological polar surface area (TPSA) is 61.6 Å². The number of fused-ring (bicyclic) bond motifs is 2. The van der Waals surface area contributed by atoms with E-state index in [1.54, 1.807) is 0 Å². The lowest BCUT2D eigenvalue weighted by atomic mass is 10.0. The predicted octanol–water partition coefficient (Wildman–Crippen LogP) is 6.24. The van der Waals surface area contributed by atoms with Crippen LogP contribution in [0.3, 0.4) is 0 Å². The molecular formula is C29H22N2O4. The first-order chi connectivity index (χ1) is 17.3. The van der Waals surface area contributed by atoms with E-state index in [-0.39, 0.29) is 13.6 Å². The van der Waals surface area contributed by atoms with Gasteiger partial charge in [-0.2, -0.15) is 0 Å². The predicted molar refractivity (Wildman–Crippen MR) is 135 cm³/mol. The zero-order valence-electron chi connectivity index (χ0n) is 18.9. The monoisotopic (exact) mass is 462 g/mol. The lowest BCUT2D eigenvalue weighted by Gasteiger charge is -2.04. The molecule has 0 radical (unpaired) electrons. The number of rotatable bonds is 6. The molecule has 0 N–H and O–H groups in total. The first-order valence-electron chi connectivity index (χ1n) is 11.3. The first kappa shape index (κ1) is 21.0. The Morgan fingerprint density at radius 2 is 0.943 bits per heavy atom. The fourth-order valence-corrected chi connectivity index (χ4v) is 3.92. The molecule has 4 aromatic rings. The van der Waals surface area contributed by atoms with Gasteiger partial charge in [-0.3, -0.25) is 9.98 Å². The minimum Gasteiger partial charge on any atom is -0.454 e. The smallest absolute Gasteiger partial charge is 0.231 e. The largest absolute Gasteiger partial charge is 0.454 e. The molecule has 6 rings (SSSR count). The summed E-state index contributed by atoms with van der Waals surface area (Å²) in [5.74, 6) is 3.06. The van der Waals surface area contributed by atoms with Crippen LogP contribution in [0.5, 0.6) is 23.0 Å². The molecule has 0 spiro atoms. The van der Waals surface area contributed by atoms with Crippen molar-refractivity contribution in [2.24, 2.45) is 9.98 Å². The van der Waals surface area contributed by atoms with E-state index in [0.717, 1.165) is 51.9 Å². The number of benzene rings is 4. The van der Waals surface area contributed by atoms with Gasteiger partial charge in [0.15, 0.2) is 23.0 Å². The minimum atomic E-state index is 0.272. The molecule has 0 unspecified atom stereocenters. The summed E-state index contributed by atoms with van der Waals surface area (Å²) in [6.45, 7) is 0.545. The SMILES string of the molecule is C(=Nc1ccc(Cc2ccc(N=Cc3ccc4c(c3)OCO4)cc2)cc1)c1ccc2c(c1)OCO2. The Bertz CT molecular complexity index is 1300. The van der Waals surface area contributed by atoms with Gasteiger partial charge in [-0.1, -0.05) is 24.3 Å². The molecule has 0 fully saturated rings. The third kappa shape index (κ3) is 4.87. The average molecular weight is 463 g/mol. The van der Waals surface area contributed by atoms with E-state index in [9.17, 15) is 0 Å². The molecule has 0 aliphatic carbocycles. The summed E-state index contributed by atoms with van der Waals surface area (Å²) < 4.78 is 21.5. The molecule has 0 saturated heterocycles. The van der Waals surface area contributed by atoms with E-state index >= 15 is 0 Å². The maximum absolute atomic E-state index is 5.42. The van der Waals surface area contributed by atoms with E-state index in [4.69, 9.17) is 18.9 Å². The van der Waals surface area contributed by atoms with Gasteiger partial charge in [0.25, 0.3) is 0 Å². The quantitative estimate of drug-likeness (QED) is 0.319. The molecule has 0 amide bonds. The molecule has 172 valence electrons. The minimum absolute atomic E-state index is 0.272. The van der Waals surface area contributed by atoms with Crippen molar-refractivity contribution in [3.8, 4) is 23.0 Å². The Hall–Kier alpha value is -4.58. The Morgan fingerprint density at radius 3 is 1.40 bits per heavy atom. The van der Waals surface area contributed by atoms with Gasteiger partial charge in [0.2, 0.25) is 13.6 Å². The highest BCUT2D eigenvalue weighted by Gasteiger charge is 2.13. The molecule has 2 aliphatic heterocycles. The van der Waals surface area contributed by atoms with Gasteiger partial charge >= 0.3 is 0 Å². The van der Waals surface area contributed by atoms with E-state index < -0.39 is 0 Å². The average Bonchev–Trinajstić information content (AvgIpc) is 3.56. The number of hydrogen-bond donors (Lipinski definition) is 0. The molecular weight excluding hydrogens is 440 g/mol. The lowest BCUT2D eigenvalue weighted by molar-refractivity contribution is 0.173. The molecule has 35 heavy (non-hydrogen) atoms. The molecule has 4 aromatic carbocycles. The Kier molecular flexibility index (Phi) is 5.60. The van der Waals surface area contributed by atoms with Crippen molar-refractivity contribution in [2.75, 3.05) is 13.6 Å². The zero-order valence-corrected chi connectivity index (χ0v) is 18.9. The highest BCUT2D eigenvalue weighted by Crippen LogP contribution is 2.33. The van der Waals surface area contributed by atoms with Gasteiger partial charge in [-0.25, -0.2) is 0 Å². The van der Waals surface area contributed by atoms with Gasteiger partial charge < -0.3 is 18.9 Å². The molecule has 6 heteroatoms. The van der Waals surface area contributed by atoms with Crippen molar-refractivity contribution in [1.29, 1.82) is 0 Å². The second-order valence-electron chi connectivity index (χ2n) is 8.25. The summed E-state index contributed by atoms with van der Waals surface area (Å²) in [7, 11) is 0. The van der Waals surface area contributed by atoms with Crippen molar-refractivity contribution < 1.29 is 18.9 Å². The van der Waals surface area contributed by atoms with Crippen LogP contribution in [0, 0.1) is 0 Å². The second-order valence-corrected chi connectivity index (χ2v) is 8.25. The van der Waals surface area contributed by atoms with Crippen molar-refractivity contribution in [2.45, 2.75) is 6.42 Å². The van der Waals surface area contributed by atoms with Gasteiger partial charge in [0, 0.05) is 12.4 Å². The van der Waals surface area contributed by atoms with Gasteiger partial charge in [0.05, 0.1) is 11.4 Å². The number of hydrogen-bond acceptors (Lipinski definition) is 6. The molecule has 0 bridgehead atoms. The van der Waals surface area contributed by atoms with Crippen molar-refractivity contribution >= 4 is 23.8 Å². The second kappa shape index (κ2) is 9.35. The summed E-state index contributed by atoms with van der Waals surface area (Å²) in [6.07, 6.45) is 4.51. The third-order valence-corrected chi connectivity index (χ3v) is 5.80. The van der Waals surface area contributed by atoms with Gasteiger partial charge in [-0.05, 0) is 89.3 Å². The van der Waals surface area contributed by atoms with Crippen LogP contribution >= 0.6 is 0 Å². The fraction of sp³-hybridized carbons (Fsp3) is 0.103. The molecule has 2 aliphatic rings. The number of aliphatic imine (C=N–C) groups is 2. The molecule has 2 heterocycles. The van der Waals surface area contributed by atoms with Crippen molar-refractivity contribution in [3.63, 3.8) is 0 Å². The summed E-state index contributed by atoms with van der Waals surface area (Å²) in [5, 5.41) is 0. The summed E-state index contributed by atoms with van der Waals surface area (Å²) in [5.41, 5.74) is 6.20. The summed E-state index contributed by atoms with van der Waals surface area (Å²) in [6, 6.07) is 28.2. The molecule has 0 aromatic heterocycles. The third-order valence-electron chi connectivity index (χ3n) is 5.80. The van der Waals surface area contributed by atoms with Crippen molar-refractivity contribution in [1.82, 2.24) is 0 Å². The van der Waals surface area contributed by atoms with Crippen LogP contribution in [0.25, 0.3) is 0 Å². The van der Waals surface area contributed by atoms with Crippen LogP contribution < -0.4 is 18.9 Å². The van der Waals surface area contributed by atoms with Crippen LogP contribution in [-0.4, -0.2) is 26.0 Å². The molecule has 6 nitrogen and oxygen atoms in total. The van der Waals surface area contributed by atoms with Crippen LogP contribution in [0.4, 0.5) is 11.4 Å². The normalized spacial score (nSPS) is 13.7. The van der Waals surface area contributed by atoms with E-state index in [0.29, 0.717) is 0 Å². The van der Waals surface area contributed by atoms with Gasteiger partial charge in [-0.15, -0.1) is 0 Å². The van der Waals surface area contributed by atoms with Crippen molar-refractivity contribution in [3.05, 3.63) is 107 Å². The van der Waals surface area contributed by atoms with Gasteiger partial charge in [0.1, 0.15) is 0 Å². The maximum atomic E-state index is 5.42. The van der Waals surface area contributed by atoms with E-state index in [2.05, 4.69) is 34.3 Å². The van der Waals surface area contributed by atoms with E-state index in [1.165, 1.54) is 11.1 Å². The molecule has 0 atom stereocenters. The fourth-order valence-electron chi connectivity index (χ4n) is 3.92. The van der Waals surface area contributed by atoms with Crippen LogP contribution in [0.15, 0.2) is 94.9 Å². The summed E-state index contributed by atoms with van der Waals surface area (Å²) >= 11 is 0. The highest BCUT2D eigenvalue weighted by molar-refractivity contribution is 5.84. The Morgan fingerprint density at radius 1 is 0.514 bits per heavy atom. The standard InChI is InChI=1S/C29H22N2O4/c1-7-24(30-16-22-5-11-26-28(14-22)34-18-32-26)8-2-20(1)13-21-3-9-25(10-4-21)31-17-23-6-12-27-29(15-23)35-19-33-27/h1-12,14-17H,13,18-19H2. The highest BCUT2D eigenvalue weighted by atomic mass is 16.7.